The second-order valence-electron chi connectivity index (χ2n) is 33.3. The Morgan fingerprint density at radius 1 is 0.172 bits per heavy atom. The van der Waals surface area contributed by atoms with Gasteiger partial charge in [0.15, 0.2) is 11.6 Å². The van der Waals surface area contributed by atoms with Crippen molar-refractivity contribution in [1.29, 1.82) is 0 Å². The Kier molecular flexibility index (Phi) is 17.3. The average Bonchev–Trinajstić information content (AvgIpc) is 1.48. The van der Waals surface area contributed by atoms with E-state index in [0.717, 1.165) is 190 Å². The second kappa shape index (κ2) is 30.0. The van der Waals surface area contributed by atoms with Crippen LogP contribution in [0.3, 0.4) is 0 Å². The van der Waals surface area contributed by atoms with E-state index in [1.807, 2.05) is 72.8 Å². The minimum absolute atomic E-state index is 0.555. The van der Waals surface area contributed by atoms with Gasteiger partial charge in [0.1, 0.15) is 23.0 Å². The van der Waals surface area contributed by atoms with Gasteiger partial charge in [-0.2, -0.15) is 0 Å². The minimum Gasteiger partial charge on any atom is -0.456 e. The molecule has 8 nitrogen and oxygen atoms in total. The molecule has 2 aliphatic carbocycles. The summed E-state index contributed by atoms with van der Waals surface area (Å²) in [5.74, 6) is 4.89. The van der Waals surface area contributed by atoms with Gasteiger partial charge in [-0.25, -0.2) is 29.9 Å². The quantitative estimate of drug-likeness (QED) is 0.125. The summed E-state index contributed by atoms with van der Waals surface area (Å²) in [5, 5.41) is 6.35. The highest BCUT2D eigenvalue weighted by molar-refractivity contribution is 6.17. The van der Waals surface area contributed by atoms with Crippen molar-refractivity contribution in [2.75, 3.05) is 0 Å². The van der Waals surface area contributed by atoms with Gasteiger partial charge in [-0.3, -0.25) is 0 Å². The van der Waals surface area contributed by atoms with Crippen molar-refractivity contribution in [2.45, 2.75) is 10.8 Å². The molecule has 0 saturated carbocycles. The van der Waals surface area contributed by atoms with E-state index in [1.54, 1.807) is 0 Å². The van der Waals surface area contributed by atoms with Gasteiger partial charge >= 0.3 is 0 Å². The molecule has 0 N–H and O–H groups in total. The van der Waals surface area contributed by atoms with Gasteiger partial charge in [0.2, 0.25) is 0 Å². The average molecular weight is 1630 g/mol. The lowest BCUT2D eigenvalue weighted by Crippen LogP contribution is -2.32. The fourth-order valence-electron chi connectivity index (χ4n) is 20.7. The number of aromatic nitrogens is 6. The summed E-state index contributed by atoms with van der Waals surface area (Å²) in [6.07, 6.45) is 0. The lowest BCUT2D eigenvalue weighted by molar-refractivity contribution is 0.442. The smallest absolute Gasteiger partial charge is 0.160 e. The number of nitrogens with zero attached hydrogens (tertiary/aromatic N) is 6. The molecule has 0 bridgehead atoms. The number of rotatable bonds is 10. The van der Waals surface area contributed by atoms with Crippen molar-refractivity contribution in [3.05, 3.63) is 493 Å². The first-order valence-electron chi connectivity index (χ1n) is 43.5. The van der Waals surface area contributed by atoms with E-state index in [2.05, 4.69) is 376 Å². The molecule has 22 aromatic rings. The molecule has 18 aromatic carbocycles. The SMILES string of the molecule is c1ccc(-c2cc(-c3ccc(-c4cccc(-c5nc6ccccc6c6c7c(ccc56)C5(c6ccccc6O7)c6ccccc6-c6ccccc65)c4)cc3)nc(-c3ccccc3)n2)cc1.c1ccc(-c2cc(-c3cccc(-c4cccc(-c5nc6ccccc6c6c7c(ccc56)C5(c6ccccc6O7)c6ccccc6-c6ccccc65)c4)c3)nc(-c3ccccc3)n2)cc1. The molecule has 0 amide bonds. The van der Waals surface area contributed by atoms with Crippen molar-refractivity contribution in [2.24, 2.45) is 0 Å². The third-order valence-electron chi connectivity index (χ3n) is 26.3. The predicted octanol–water partition coefficient (Wildman–Crippen LogP) is 30.0. The number of para-hydroxylation sites is 4. The van der Waals surface area contributed by atoms with Crippen molar-refractivity contribution < 1.29 is 9.47 Å². The fourth-order valence-corrected chi connectivity index (χ4v) is 20.7. The van der Waals surface area contributed by atoms with Gasteiger partial charge in [-0.15, -0.1) is 0 Å². The zero-order valence-corrected chi connectivity index (χ0v) is 69.2. The molecule has 4 aromatic heterocycles. The third kappa shape index (κ3) is 11.8. The largest absolute Gasteiger partial charge is 0.456 e. The molecule has 128 heavy (non-hydrogen) atoms. The number of fused-ring (bicyclic) bond motifs is 26. The van der Waals surface area contributed by atoms with Crippen LogP contribution in [-0.4, -0.2) is 29.9 Å². The van der Waals surface area contributed by atoms with Crippen LogP contribution in [0.25, 0.3) is 178 Å². The van der Waals surface area contributed by atoms with E-state index in [-0.39, 0.29) is 0 Å². The summed E-state index contributed by atoms with van der Waals surface area (Å²) in [6, 6.07) is 159. The van der Waals surface area contributed by atoms with Gasteiger partial charge in [-0.05, 0) is 121 Å². The molecule has 0 radical (unpaired) electrons. The first-order chi connectivity index (χ1) is 63.4. The van der Waals surface area contributed by atoms with E-state index in [4.69, 9.17) is 39.4 Å². The van der Waals surface area contributed by atoms with Crippen LogP contribution in [0.4, 0.5) is 0 Å². The van der Waals surface area contributed by atoms with Crippen LogP contribution in [0.1, 0.15) is 44.5 Å². The van der Waals surface area contributed by atoms with Gasteiger partial charge in [0, 0.05) is 99.1 Å². The van der Waals surface area contributed by atoms with Crippen LogP contribution in [0.5, 0.6) is 23.0 Å². The monoisotopic (exact) mass is 1630 g/mol. The first-order valence-corrected chi connectivity index (χ1v) is 43.5. The van der Waals surface area contributed by atoms with E-state index >= 15 is 0 Å². The number of hydrogen-bond acceptors (Lipinski definition) is 8. The predicted molar refractivity (Wildman–Crippen MR) is 519 cm³/mol. The highest BCUT2D eigenvalue weighted by atomic mass is 16.5. The Balaban J connectivity index is 0.000000139. The van der Waals surface area contributed by atoms with Crippen LogP contribution >= 0.6 is 0 Å². The van der Waals surface area contributed by atoms with E-state index in [9.17, 15) is 0 Å². The zero-order valence-electron chi connectivity index (χ0n) is 69.2. The number of benzene rings is 18. The molecule has 2 spiro atoms. The molecule has 0 atom stereocenters. The maximum absolute atomic E-state index is 7.19. The lowest BCUT2D eigenvalue weighted by Gasteiger charge is -2.40. The molecule has 0 saturated heterocycles. The fraction of sp³-hybridized carbons (Fsp3) is 0.0167. The molecule has 596 valence electrons. The van der Waals surface area contributed by atoms with Gasteiger partial charge < -0.3 is 9.47 Å². The Hall–Kier alpha value is -16.9. The summed E-state index contributed by atoms with van der Waals surface area (Å²) < 4.78 is 14.4. The minimum atomic E-state index is -0.561. The summed E-state index contributed by atoms with van der Waals surface area (Å²) in [4.78, 5) is 31.1. The maximum Gasteiger partial charge on any atom is 0.160 e. The van der Waals surface area contributed by atoms with Gasteiger partial charge in [0.25, 0.3) is 0 Å². The number of hydrogen-bond donors (Lipinski definition) is 0. The molecule has 6 heterocycles. The van der Waals surface area contributed by atoms with Gasteiger partial charge in [-0.1, -0.05) is 394 Å². The van der Waals surface area contributed by atoms with Crippen molar-refractivity contribution in [3.8, 4) is 158 Å². The number of pyridine rings is 2. The van der Waals surface area contributed by atoms with Crippen LogP contribution < -0.4 is 9.47 Å². The molecule has 0 unspecified atom stereocenters. The molecule has 4 aliphatic rings. The van der Waals surface area contributed by atoms with Gasteiger partial charge in [0.05, 0.1) is 56.0 Å². The molecule has 0 fully saturated rings. The highest BCUT2D eigenvalue weighted by Gasteiger charge is 2.53. The van der Waals surface area contributed by atoms with Crippen molar-refractivity contribution in [3.63, 3.8) is 0 Å². The normalized spacial score (nSPS) is 12.9. The molecule has 2 aliphatic heterocycles. The summed E-state index contributed by atoms with van der Waals surface area (Å²) in [5.41, 5.74) is 33.3. The molecule has 8 heteroatoms. The standard InChI is InChI=1S/2C60H37N3O/c1-3-17-38(18-4-1)53-37-54(63-59(62-53)39-19-5-2-6-20-39)42-23-15-21-40(35-42)41-22-16-24-43(36-41)57-47-33-34-51-58(56(47)46-27-9-13-31-52(46)61-57)64-55-32-14-12-30-50(55)60(51)48-28-10-7-25-44(48)45-26-8-11-29-49(45)60;1-3-16-39(17-4-1)53-37-54(63-59(62-53)41-18-5-2-6-19-41)40-32-30-38(31-33-40)42-20-15-21-43(36-42)57-47-34-35-51-58(56(47)46-24-9-13-28-52(46)61-57)64-55-29-14-12-27-50(55)60(51)48-25-10-7-22-44(48)45-23-8-11-26-49(45)60/h2*1-37H. The van der Waals surface area contributed by atoms with E-state index in [1.165, 1.54) is 44.5 Å². The Morgan fingerprint density at radius 2 is 0.461 bits per heavy atom. The summed E-state index contributed by atoms with van der Waals surface area (Å²) in [7, 11) is 0. The third-order valence-corrected chi connectivity index (χ3v) is 26.3. The van der Waals surface area contributed by atoms with Crippen LogP contribution in [-0.2, 0) is 10.8 Å². The summed E-state index contributed by atoms with van der Waals surface area (Å²) >= 11 is 0. The zero-order chi connectivity index (χ0) is 84.4. The molecule has 26 rings (SSSR count). The summed E-state index contributed by atoms with van der Waals surface area (Å²) in [6.45, 7) is 0. The lowest BCUT2D eigenvalue weighted by atomic mass is 9.65. The van der Waals surface area contributed by atoms with E-state index in [0.29, 0.717) is 11.6 Å². The molecular formula is C120H74N6O2. The van der Waals surface area contributed by atoms with Crippen LogP contribution in [0.15, 0.2) is 449 Å². The Morgan fingerprint density at radius 3 is 0.867 bits per heavy atom. The van der Waals surface area contributed by atoms with Crippen molar-refractivity contribution >= 4 is 43.4 Å². The van der Waals surface area contributed by atoms with Crippen LogP contribution in [0.2, 0.25) is 0 Å². The highest BCUT2D eigenvalue weighted by Crippen LogP contribution is 2.66. The number of ether oxygens (including phenoxy) is 2. The topological polar surface area (TPSA) is 95.8 Å². The Labute approximate surface area is 739 Å². The van der Waals surface area contributed by atoms with E-state index < -0.39 is 10.8 Å². The Bertz CT molecular complexity index is 8060. The molecular weight excluding hydrogens is 1560 g/mol. The van der Waals surface area contributed by atoms with Crippen molar-refractivity contribution in [1.82, 2.24) is 29.9 Å². The maximum atomic E-state index is 7.19. The first kappa shape index (κ1) is 73.8. The van der Waals surface area contributed by atoms with Crippen LogP contribution in [0, 0.1) is 0 Å². The second-order valence-corrected chi connectivity index (χ2v) is 33.3.